The lowest BCUT2D eigenvalue weighted by Crippen LogP contribution is -2.17. The van der Waals surface area contributed by atoms with Crippen LogP contribution < -0.4 is 0 Å². The van der Waals surface area contributed by atoms with Crippen LogP contribution in [0.4, 0.5) is 0 Å². The first-order chi connectivity index (χ1) is 5.67. The second-order valence-corrected chi connectivity index (χ2v) is 4.58. The van der Waals surface area contributed by atoms with Crippen LogP contribution >= 0.6 is 11.3 Å². The summed E-state index contributed by atoms with van der Waals surface area (Å²) in [6.45, 7) is 6.78. The molecule has 0 atom stereocenters. The molecule has 2 heteroatoms. The maximum atomic E-state index is 4.36. The molecule has 0 fully saturated rings. The standard InChI is InChI=1S/C10H17NS/c1-4-5-6-10(2,3)9-7-12-8-11-9/h7-8H,4-6H2,1-3H3. The number of hydrogen-bond donors (Lipinski definition) is 0. The van der Waals surface area contributed by atoms with Crippen molar-refractivity contribution in [2.45, 2.75) is 45.4 Å². The van der Waals surface area contributed by atoms with Crippen LogP contribution in [0.15, 0.2) is 10.9 Å². The van der Waals surface area contributed by atoms with E-state index in [0.29, 0.717) is 0 Å². The predicted molar refractivity (Wildman–Crippen MR) is 54.7 cm³/mol. The number of nitrogens with zero attached hydrogens (tertiary/aromatic N) is 1. The minimum absolute atomic E-state index is 0.274. The number of thiazole rings is 1. The van der Waals surface area contributed by atoms with Crippen molar-refractivity contribution in [2.24, 2.45) is 0 Å². The average molecular weight is 183 g/mol. The van der Waals surface area contributed by atoms with Crippen molar-refractivity contribution in [2.75, 3.05) is 0 Å². The van der Waals surface area contributed by atoms with Gasteiger partial charge in [0.2, 0.25) is 0 Å². The molecule has 0 radical (unpaired) electrons. The Balaban J connectivity index is 2.59. The lowest BCUT2D eigenvalue weighted by atomic mass is 9.84. The minimum Gasteiger partial charge on any atom is -0.249 e. The summed E-state index contributed by atoms with van der Waals surface area (Å²) in [5.41, 5.74) is 3.44. The molecule has 0 aromatic carbocycles. The van der Waals surface area contributed by atoms with Crippen molar-refractivity contribution in [1.82, 2.24) is 4.98 Å². The number of rotatable bonds is 4. The van der Waals surface area contributed by atoms with E-state index in [1.54, 1.807) is 11.3 Å². The van der Waals surface area contributed by atoms with Gasteiger partial charge in [0.25, 0.3) is 0 Å². The van der Waals surface area contributed by atoms with Crippen LogP contribution in [0.2, 0.25) is 0 Å². The Morgan fingerprint density at radius 2 is 2.25 bits per heavy atom. The Bertz CT molecular complexity index is 214. The molecule has 0 aliphatic carbocycles. The lowest BCUT2D eigenvalue weighted by Gasteiger charge is -2.21. The average Bonchev–Trinajstić information content (AvgIpc) is 2.53. The third kappa shape index (κ3) is 2.31. The molecule has 1 aromatic heterocycles. The first-order valence-electron chi connectivity index (χ1n) is 4.55. The third-order valence-corrected chi connectivity index (χ3v) is 2.87. The molecule has 0 N–H and O–H groups in total. The fraction of sp³-hybridized carbons (Fsp3) is 0.700. The molecule has 0 spiro atoms. The topological polar surface area (TPSA) is 12.9 Å². The molecule has 1 aromatic rings. The van der Waals surface area contributed by atoms with Gasteiger partial charge < -0.3 is 0 Å². The molecule has 0 amide bonds. The molecule has 0 aliphatic heterocycles. The molecule has 0 aliphatic rings. The van der Waals surface area contributed by atoms with Gasteiger partial charge in [0, 0.05) is 10.8 Å². The van der Waals surface area contributed by atoms with Crippen molar-refractivity contribution in [3.05, 3.63) is 16.6 Å². The van der Waals surface area contributed by atoms with E-state index in [9.17, 15) is 0 Å². The van der Waals surface area contributed by atoms with Gasteiger partial charge in [-0.3, -0.25) is 0 Å². The van der Waals surface area contributed by atoms with Crippen LogP contribution in [0.5, 0.6) is 0 Å². The van der Waals surface area contributed by atoms with Crippen LogP contribution in [-0.2, 0) is 5.41 Å². The highest BCUT2D eigenvalue weighted by molar-refractivity contribution is 7.07. The Labute approximate surface area is 78.8 Å². The normalized spacial score (nSPS) is 11.9. The van der Waals surface area contributed by atoms with Gasteiger partial charge in [0.1, 0.15) is 0 Å². The number of hydrogen-bond acceptors (Lipinski definition) is 2. The summed E-state index contributed by atoms with van der Waals surface area (Å²) in [5.74, 6) is 0. The number of unbranched alkanes of at least 4 members (excludes halogenated alkanes) is 1. The van der Waals surface area contributed by atoms with E-state index in [2.05, 4.69) is 31.1 Å². The van der Waals surface area contributed by atoms with Gasteiger partial charge in [-0.25, -0.2) is 4.98 Å². The zero-order valence-corrected chi connectivity index (χ0v) is 8.95. The number of aromatic nitrogens is 1. The Morgan fingerprint density at radius 3 is 2.75 bits per heavy atom. The fourth-order valence-electron chi connectivity index (χ4n) is 1.29. The zero-order valence-electron chi connectivity index (χ0n) is 8.13. The van der Waals surface area contributed by atoms with Crippen molar-refractivity contribution >= 4 is 11.3 Å². The maximum absolute atomic E-state index is 4.36. The van der Waals surface area contributed by atoms with E-state index in [4.69, 9.17) is 0 Å². The summed E-state index contributed by atoms with van der Waals surface area (Å²) >= 11 is 1.69. The van der Waals surface area contributed by atoms with Crippen molar-refractivity contribution in [3.8, 4) is 0 Å². The highest BCUT2D eigenvalue weighted by atomic mass is 32.1. The van der Waals surface area contributed by atoms with Gasteiger partial charge >= 0.3 is 0 Å². The summed E-state index contributed by atoms with van der Waals surface area (Å²) in [6, 6.07) is 0. The fourth-order valence-corrected chi connectivity index (χ4v) is 2.04. The predicted octanol–water partition coefficient (Wildman–Crippen LogP) is 3.61. The van der Waals surface area contributed by atoms with Gasteiger partial charge in [-0.05, 0) is 6.42 Å². The van der Waals surface area contributed by atoms with E-state index in [0.717, 1.165) is 0 Å². The Kier molecular flexibility index (Phi) is 3.27. The summed E-state index contributed by atoms with van der Waals surface area (Å²) in [5, 5.41) is 2.16. The monoisotopic (exact) mass is 183 g/mol. The van der Waals surface area contributed by atoms with Crippen LogP contribution in [0, 0.1) is 0 Å². The molecular weight excluding hydrogens is 166 g/mol. The van der Waals surface area contributed by atoms with E-state index in [1.165, 1.54) is 25.0 Å². The smallest absolute Gasteiger partial charge is 0.0794 e. The van der Waals surface area contributed by atoms with Gasteiger partial charge in [0.15, 0.2) is 0 Å². The second-order valence-electron chi connectivity index (χ2n) is 3.86. The minimum atomic E-state index is 0.274. The summed E-state index contributed by atoms with van der Waals surface area (Å²) < 4.78 is 0. The molecule has 1 rings (SSSR count). The van der Waals surface area contributed by atoms with Gasteiger partial charge in [-0.1, -0.05) is 33.6 Å². The molecule has 0 bridgehead atoms. The van der Waals surface area contributed by atoms with Gasteiger partial charge in [0.05, 0.1) is 11.2 Å². The van der Waals surface area contributed by atoms with Crippen LogP contribution in [0.3, 0.4) is 0 Å². The quantitative estimate of drug-likeness (QED) is 0.695. The SMILES string of the molecule is CCCCC(C)(C)c1cscn1. The molecular formula is C10H17NS. The molecule has 68 valence electrons. The van der Waals surface area contributed by atoms with Crippen LogP contribution in [-0.4, -0.2) is 4.98 Å². The van der Waals surface area contributed by atoms with E-state index >= 15 is 0 Å². The van der Waals surface area contributed by atoms with E-state index < -0.39 is 0 Å². The van der Waals surface area contributed by atoms with E-state index in [-0.39, 0.29) is 5.41 Å². The summed E-state index contributed by atoms with van der Waals surface area (Å²) in [6.07, 6.45) is 3.81. The first-order valence-corrected chi connectivity index (χ1v) is 5.50. The molecule has 0 saturated carbocycles. The Hall–Kier alpha value is -0.370. The van der Waals surface area contributed by atoms with Gasteiger partial charge in [-0.15, -0.1) is 11.3 Å². The summed E-state index contributed by atoms with van der Waals surface area (Å²) in [4.78, 5) is 4.36. The summed E-state index contributed by atoms with van der Waals surface area (Å²) in [7, 11) is 0. The zero-order chi connectivity index (χ0) is 9.03. The van der Waals surface area contributed by atoms with Crippen molar-refractivity contribution in [1.29, 1.82) is 0 Å². The highest BCUT2D eigenvalue weighted by Crippen LogP contribution is 2.28. The second kappa shape index (κ2) is 4.04. The van der Waals surface area contributed by atoms with E-state index in [1.807, 2.05) is 5.51 Å². The molecule has 1 nitrogen and oxygen atoms in total. The Morgan fingerprint density at radius 1 is 1.50 bits per heavy atom. The van der Waals surface area contributed by atoms with Crippen LogP contribution in [0.1, 0.15) is 45.7 Å². The molecule has 1 heterocycles. The molecule has 0 unspecified atom stereocenters. The molecule has 12 heavy (non-hydrogen) atoms. The third-order valence-electron chi connectivity index (χ3n) is 2.28. The van der Waals surface area contributed by atoms with Crippen LogP contribution in [0.25, 0.3) is 0 Å². The highest BCUT2D eigenvalue weighted by Gasteiger charge is 2.21. The van der Waals surface area contributed by atoms with Gasteiger partial charge in [-0.2, -0.15) is 0 Å². The maximum Gasteiger partial charge on any atom is 0.0794 e. The van der Waals surface area contributed by atoms with Crippen molar-refractivity contribution in [3.63, 3.8) is 0 Å². The largest absolute Gasteiger partial charge is 0.249 e. The lowest BCUT2D eigenvalue weighted by molar-refractivity contribution is 0.448. The first kappa shape index (κ1) is 9.72. The van der Waals surface area contributed by atoms with Crippen molar-refractivity contribution < 1.29 is 0 Å². The molecule has 0 saturated heterocycles.